The molecule has 2 aromatic carbocycles. The molecule has 0 spiro atoms. The molecule has 33 heavy (non-hydrogen) atoms. The number of fused-ring (bicyclic) bond motifs is 1. The standard InChI is InChI=1S/C23H29N5O4S/c1-3-14-27-21-13-12-19(16-20(21)25-26-27)33(30,31)28-15-6-5-7-22(28)23(29)24-17-8-10-18(11-9-17)32-4-2/h8-13,16,22H,3-7,14-15H2,1-2H3,(H,24,29)/t22-/m0/s1. The van der Waals surface area contributed by atoms with Gasteiger partial charge in [0.15, 0.2) is 0 Å². The van der Waals surface area contributed by atoms with E-state index >= 15 is 0 Å². The van der Waals surface area contributed by atoms with Gasteiger partial charge in [-0.05, 0) is 68.7 Å². The number of sulfonamides is 1. The van der Waals surface area contributed by atoms with Gasteiger partial charge in [-0.2, -0.15) is 4.31 Å². The molecule has 1 fully saturated rings. The third kappa shape index (κ3) is 4.86. The van der Waals surface area contributed by atoms with Crippen LogP contribution in [0.3, 0.4) is 0 Å². The van der Waals surface area contributed by atoms with Gasteiger partial charge in [0.2, 0.25) is 15.9 Å². The number of amides is 1. The maximum Gasteiger partial charge on any atom is 0.243 e. The number of hydrogen-bond donors (Lipinski definition) is 1. The Balaban J connectivity index is 1.56. The lowest BCUT2D eigenvalue weighted by atomic mass is 10.0. The highest BCUT2D eigenvalue weighted by atomic mass is 32.2. The maximum absolute atomic E-state index is 13.5. The maximum atomic E-state index is 13.5. The van der Waals surface area contributed by atoms with Gasteiger partial charge < -0.3 is 10.1 Å². The Morgan fingerprint density at radius 2 is 1.94 bits per heavy atom. The van der Waals surface area contributed by atoms with Gasteiger partial charge in [-0.25, -0.2) is 13.1 Å². The van der Waals surface area contributed by atoms with Gasteiger partial charge in [0.1, 0.15) is 17.3 Å². The number of nitrogens with one attached hydrogen (secondary N) is 1. The van der Waals surface area contributed by atoms with Crippen LogP contribution >= 0.6 is 0 Å². The first-order chi connectivity index (χ1) is 15.9. The fourth-order valence-corrected chi connectivity index (χ4v) is 5.78. The second-order valence-electron chi connectivity index (χ2n) is 8.04. The molecule has 1 atom stereocenters. The Morgan fingerprint density at radius 1 is 1.15 bits per heavy atom. The summed E-state index contributed by atoms with van der Waals surface area (Å²) in [5.74, 6) is 0.376. The molecule has 10 heteroatoms. The van der Waals surface area contributed by atoms with Gasteiger partial charge in [-0.1, -0.05) is 18.6 Å². The van der Waals surface area contributed by atoms with Crippen molar-refractivity contribution >= 4 is 32.7 Å². The first kappa shape index (κ1) is 23.2. The summed E-state index contributed by atoms with van der Waals surface area (Å²) in [5, 5.41) is 11.1. The number of piperidine rings is 1. The van der Waals surface area contributed by atoms with Crippen molar-refractivity contribution in [2.75, 3.05) is 18.5 Å². The van der Waals surface area contributed by atoms with Crippen LogP contribution in [0.1, 0.15) is 39.5 Å². The van der Waals surface area contributed by atoms with Crippen LogP contribution in [0, 0.1) is 0 Å². The molecular formula is C23H29N5O4S. The number of aryl methyl sites for hydroxylation is 1. The molecule has 0 unspecified atom stereocenters. The molecule has 4 rings (SSSR count). The highest BCUT2D eigenvalue weighted by Crippen LogP contribution is 2.28. The van der Waals surface area contributed by atoms with Crippen molar-refractivity contribution in [2.24, 2.45) is 0 Å². The summed E-state index contributed by atoms with van der Waals surface area (Å²) in [5.41, 5.74) is 1.91. The number of carbonyl (C=O) groups excluding carboxylic acids is 1. The second kappa shape index (κ2) is 9.88. The molecule has 3 aromatic rings. The van der Waals surface area contributed by atoms with Crippen LogP contribution in [-0.2, 0) is 21.4 Å². The van der Waals surface area contributed by atoms with E-state index in [2.05, 4.69) is 15.6 Å². The van der Waals surface area contributed by atoms with E-state index in [9.17, 15) is 13.2 Å². The van der Waals surface area contributed by atoms with Crippen LogP contribution in [0.15, 0.2) is 47.4 Å². The quantitative estimate of drug-likeness (QED) is 0.540. The third-order valence-electron chi connectivity index (χ3n) is 5.72. The van der Waals surface area contributed by atoms with E-state index in [0.29, 0.717) is 49.5 Å². The van der Waals surface area contributed by atoms with Crippen LogP contribution in [0.5, 0.6) is 5.75 Å². The number of anilines is 1. The number of aromatic nitrogens is 3. The van der Waals surface area contributed by atoms with Crippen LogP contribution in [-0.4, -0.2) is 52.8 Å². The van der Waals surface area contributed by atoms with E-state index < -0.39 is 16.1 Å². The summed E-state index contributed by atoms with van der Waals surface area (Å²) >= 11 is 0. The fraction of sp³-hybridized carbons (Fsp3) is 0.435. The number of benzene rings is 2. The molecule has 0 bridgehead atoms. The smallest absolute Gasteiger partial charge is 0.243 e. The lowest BCUT2D eigenvalue weighted by Gasteiger charge is -2.33. The van der Waals surface area contributed by atoms with E-state index in [0.717, 1.165) is 18.4 Å². The fourth-order valence-electron chi connectivity index (χ4n) is 4.11. The number of nitrogens with zero attached hydrogens (tertiary/aromatic N) is 4. The lowest BCUT2D eigenvalue weighted by Crippen LogP contribution is -2.49. The Labute approximate surface area is 193 Å². The van der Waals surface area contributed by atoms with Crippen molar-refractivity contribution in [2.45, 2.75) is 57.0 Å². The van der Waals surface area contributed by atoms with Crippen LogP contribution in [0.25, 0.3) is 11.0 Å². The first-order valence-corrected chi connectivity index (χ1v) is 12.8. The first-order valence-electron chi connectivity index (χ1n) is 11.3. The molecule has 1 N–H and O–H groups in total. The van der Waals surface area contributed by atoms with Gasteiger partial charge in [0.05, 0.1) is 17.0 Å². The van der Waals surface area contributed by atoms with Crippen LogP contribution in [0.2, 0.25) is 0 Å². The minimum absolute atomic E-state index is 0.124. The third-order valence-corrected chi connectivity index (χ3v) is 7.62. The average molecular weight is 472 g/mol. The van der Waals surface area contributed by atoms with Crippen molar-refractivity contribution in [3.8, 4) is 5.75 Å². The summed E-state index contributed by atoms with van der Waals surface area (Å²) in [6, 6.07) is 11.1. The molecule has 0 aliphatic carbocycles. The lowest BCUT2D eigenvalue weighted by molar-refractivity contribution is -0.120. The Hall–Kier alpha value is -2.98. The van der Waals surface area contributed by atoms with Gasteiger partial charge in [0, 0.05) is 18.8 Å². The minimum atomic E-state index is -3.88. The van der Waals surface area contributed by atoms with Crippen molar-refractivity contribution in [1.29, 1.82) is 0 Å². The Morgan fingerprint density at radius 3 is 2.67 bits per heavy atom. The van der Waals surface area contributed by atoms with Crippen molar-refractivity contribution in [3.05, 3.63) is 42.5 Å². The summed E-state index contributed by atoms with van der Waals surface area (Å²) in [4.78, 5) is 13.2. The number of hydrogen-bond acceptors (Lipinski definition) is 6. The zero-order valence-corrected chi connectivity index (χ0v) is 19.7. The number of ether oxygens (including phenoxy) is 1. The Bertz CT molecular complexity index is 1220. The van der Waals surface area contributed by atoms with Gasteiger partial charge in [-0.3, -0.25) is 4.79 Å². The molecule has 1 amide bonds. The van der Waals surface area contributed by atoms with Crippen LogP contribution < -0.4 is 10.1 Å². The summed E-state index contributed by atoms with van der Waals surface area (Å²) in [6.07, 6.45) is 2.87. The van der Waals surface area contributed by atoms with E-state index in [4.69, 9.17) is 4.74 Å². The van der Waals surface area contributed by atoms with E-state index in [1.165, 1.54) is 4.31 Å². The van der Waals surface area contributed by atoms with E-state index in [-0.39, 0.29) is 10.8 Å². The molecule has 1 aliphatic heterocycles. The average Bonchev–Trinajstić information content (AvgIpc) is 3.23. The molecule has 2 heterocycles. The van der Waals surface area contributed by atoms with Crippen molar-refractivity contribution in [1.82, 2.24) is 19.3 Å². The second-order valence-corrected chi connectivity index (χ2v) is 9.93. The molecule has 1 saturated heterocycles. The zero-order valence-electron chi connectivity index (χ0n) is 18.9. The SMILES string of the molecule is CCCn1nnc2cc(S(=O)(=O)N3CCCC[C@H]3C(=O)Nc3ccc(OCC)cc3)ccc21. The summed E-state index contributed by atoms with van der Waals surface area (Å²) < 4.78 is 35.6. The molecule has 1 aliphatic rings. The summed E-state index contributed by atoms with van der Waals surface area (Å²) in [7, 11) is -3.88. The molecule has 0 saturated carbocycles. The molecule has 1 aromatic heterocycles. The summed E-state index contributed by atoms with van der Waals surface area (Å²) in [6.45, 7) is 5.51. The van der Waals surface area contributed by atoms with Crippen molar-refractivity contribution in [3.63, 3.8) is 0 Å². The predicted octanol–water partition coefficient (Wildman–Crippen LogP) is 3.42. The largest absolute Gasteiger partial charge is 0.494 e. The predicted molar refractivity (Wildman–Crippen MR) is 126 cm³/mol. The minimum Gasteiger partial charge on any atom is -0.494 e. The van der Waals surface area contributed by atoms with Gasteiger partial charge in [-0.15, -0.1) is 5.10 Å². The normalized spacial score (nSPS) is 17.2. The monoisotopic (exact) mass is 471 g/mol. The molecule has 176 valence electrons. The van der Waals surface area contributed by atoms with Crippen LogP contribution in [0.4, 0.5) is 5.69 Å². The van der Waals surface area contributed by atoms with Gasteiger partial charge in [0.25, 0.3) is 0 Å². The number of carbonyl (C=O) groups is 1. The zero-order chi connectivity index (χ0) is 23.4. The highest BCUT2D eigenvalue weighted by molar-refractivity contribution is 7.89. The van der Waals surface area contributed by atoms with E-state index in [1.807, 2.05) is 13.8 Å². The molecule has 0 radical (unpaired) electrons. The highest BCUT2D eigenvalue weighted by Gasteiger charge is 2.38. The van der Waals surface area contributed by atoms with E-state index in [1.54, 1.807) is 47.1 Å². The Kier molecular flexibility index (Phi) is 6.94. The topological polar surface area (TPSA) is 106 Å². The van der Waals surface area contributed by atoms with Gasteiger partial charge >= 0.3 is 0 Å². The molecule has 9 nitrogen and oxygen atoms in total. The number of rotatable bonds is 8. The van der Waals surface area contributed by atoms with Crippen molar-refractivity contribution < 1.29 is 17.9 Å². The molecular weight excluding hydrogens is 442 g/mol.